The molecular weight excluding hydrogens is 545 g/mol. The second-order valence-electron chi connectivity index (χ2n) is 10.9. The number of amides is 1. The molecule has 0 aliphatic carbocycles. The molecule has 4 N–H and O–H groups in total. The van der Waals surface area contributed by atoms with Crippen LogP contribution in [0, 0.1) is 11.2 Å². The highest BCUT2D eigenvalue weighted by molar-refractivity contribution is 7.10. The van der Waals surface area contributed by atoms with Gasteiger partial charge in [-0.2, -0.15) is 5.10 Å². The van der Waals surface area contributed by atoms with Crippen LogP contribution in [0.2, 0.25) is 0 Å². The minimum atomic E-state index is -1.26. The molecule has 3 aromatic heterocycles. The van der Waals surface area contributed by atoms with Crippen LogP contribution in [0.3, 0.4) is 0 Å². The summed E-state index contributed by atoms with van der Waals surface area (Å²) in [6.07, 6.45) is 0.208. The summed E-state index contributed by atoms with van der Waals surface area (Å²) in [7, 11) is 0. The predicted octanol–water partition coefficient (Wildman–Crippen LogP) is 4.63. The van der Waals surface area contributed by atoms with Gasteiger partial charge in [-0.15, -0.1) is 11.3 Å². The van der Waals surface area contributed by atoms with Gasteiger partial charge in [0.15, 0.2) is 5.82 Å². The van der Waals surface area contributed by atoms with E-state index in [0.717, 1.165) is 16.5 Å². The number of nitrogens with zero attached hydrogens (tertiary/aromatic N) is 5. The number of aliphatic carboxylic acids is 1. The number of carboxylic acid groups (broad SMARTS) is 1. The molecule has 1 amide bonds. The van der Waals surface area contributed by atoms with E-state index >= 15 is 0 Å². The summed E-state index contributed by atoms with van der Waals surface area (Å²) in [5, 5.41) is 20.1. The molecule has 2 aromatic carbocycles. The highest BCUT2D eigenvalue weighted by Gasteiger charge is 2.50. The number of nitrogen functional groups attached to an aromatic ring is 1. The molecule has 4 heterocycles. The van der Waals surface area contributed by atoms with Gasteiger partial charge in [-0.3, -0.25) is 14.3 Å². The number of nitrogens with one attached hydrogen (secondary N) is 1. The Bertz CT molecular complexity index is 1860. The first kappa shape index (κ1) is 26.5. The molecule has 1 aliphatic rings. The lowest BCUT2D eigenvalue weighted by Gasteiger charge is -2.20. The zero-order valence-corrected chi connectivity index (χ0v) is 23.3. The summed E-state index contributed by atoms with van der Waals surface area (Å²) >= 11 is 1.26. The molecule has 1 atom stereocenters. The van der Waals surface area contributed by atoms with Gasteiger partial charge in [-0.25, -0.2) is 19.3 Å². The molecule has 12 heteroatoms. The lowest BCUT2D eigenvalue weighted by atomic mass is 9.85. The van der Waals surface area contributed by atoms with E-state index in [1.807, 2.05) is 30.3 Å². The molecule has 6 rings (SSSR count). The third-order valence-corrected chi connectivity index (χ3v) is 8.51. The van der Waals surface area contributed by atoms with Crippen LogP contribution < -0.4 is 11.1 Å². The minimum Gasteiger partial charge on any atom is -0.481 e. The van der Waals surface area contributed by atoms with Crippen LogP contribution in [0.4, 0.5) is 16.0 Å². The second-order valence-corrected chi connectivity index (χ2v) is 11.8. The summed E-state index contributed by atoms with van der Waals surface area (Å²) in [5.74, 6) is -0.999. The van der Waals surface area contributed by atoms with Crippen molar-refractivity contribution in [2.24, 2.45) is 5.41 Å². The Labute approximate surface area is 238 Å². The number of carbonyl (C=O) groups is 2. The van der Waals surface area contributed by atoms with E-state index in [2.05, 4.69) is 20.3 Å². The molecule has 0 unspecified atom stereocenters. The maximum absolute atomic E-state index is 13.8. The minimum absolute atomic E-state index is 0.109. The molecule has 0 bridgehead atoms. The molecule has 1 aliphatic heterocycles. The summed E-state index contributed by atoms with van der Waals surface area (Å²) in [6.45, 7) is 5.30. The van der Waals surface area contributed by atoms with Gasteiger partial charge >= 0.3 is 5.97 Å². The van der Waals surface area contributed by atoms with Crippen LogP contribution in [0.1, 0.15) is 42.6 Å². The SMILES string of the molecule is CC(C)(Cc1csc([C@]2(C)C(=O)Nc3nc(-c4nn(Cc5cccc(F)c5)c5ccccc45)nc(N)c32)n1)C(=O)O. The molecule has 208 valence electrons. The van der Waals surface area contributed by atoms with Gasteiger partial charge in [-0.05, 0) is 44.5 Å². The fourth-order valence-corrected chi connectivity index (χ4v) is 6.07. The van der Waals surface area contributed by atoms with Gasteiger partial charge in [0.2, 0.25) is 5.91 Å². The number of nitrogens with two attached hydrogens (primary N) is 1. The molecule has 0 spiro atoms. The third-order valence-electron chi connectivity index (χ3n) is 7.40. The normalized spacial score (nSPS) is 16.6. The van der Waals surface area contributed by atoms with Crippen LogP contribution >= 0.6 is 11.3 Å². The summed E-state index contributed by atoms with van der Waals surface area (Å²) in [6, 6.07) is 13.9. The maximum Gasteiger partial charge on any atom is 0.309 e. The summed E-state index contributed by atoms with van der Waals surface area (Å²) in [5.41, 5.74) is 7.25. The van der Waals surface area contributed by atoms with E-state index < -0.39 is 16.8 Å². The fourth-order valence-electron chi connectivity index (χ4n) is 5.09. The van der Waals surface area contributed by atoms with Crippen molar-refractivity contribution in [3.05, 3.63) is 81.6 Å². The maximum atomic E-state index is 13.8. The predicted molar refractivity (Wildman–Crippen MR) is 153 cm³/mol. The van der Waals surface area contributed by atoms with Crippen molar-refractivity contribution in [1.29, 1.82) is 0 Å². The monoisotopic (exact) mass is 571 g/mol. The van der Waals surface area contributed by atoms with E-state index in [0.29, 0.717) is 28.5 Å². The van der Waals surface area contributed by atoms with Crippen molar-refractivity contribution < 1.29 is 19.1 Å². The van der Waals surface area contributed by atoms with Crippen molar-refractivity contribution in [1.82, 2.24) is 24.7 Å². The number of anilines is 2. The number of halogens is 1. The Kier molecular flexibility index (Phi) is 6.11. The average Bonchev–Trinajstić information content (AvgIpc) is 3.59. The van der Waals surface area contributed by atoms with Gasteiger partial charge < -0.3 is 16.2 Å². The van der Waals surface area contributed by atoms with Crippen molar-refractivity contribution in [3.63, 3.8) is 0 Å². The van der Waals surface area contributed by atoms with Gasteiger partial charge in [0, 0.05) is 17.2 Å². The van der Waals surface area contributed by atoms with Crippen molar-refractivity contribution in [3.8, 4) is 11.5 Å². The Morgan fingerprint density at radius 2 is 1.95 bits per heavy atom. The average molecular weight is 572 g/mol. The van der Waals surface area contributed by atoms with Gasteiger partial charge in [0.25, 0.3) is 0 Å². The Morgan fingerprint density at radius 3 is 2.71 bits per heavy atom. The zero-order valence-electron chi connectivity index (χ0n) is 22.5. The van der Waals surface area contributed by atoms with E-state index in [1.54, 1.807) is 36.9 Å². The van der Waals surface area contributed by atoms with Crippen LogP contribution in [0.5, 0.6) is 0 Å². The lowest BCUT2D eigenvalue weighted by molar-refractivity contribution is -0.146. The number of fused-ring (bicyclic) bond motifs is 2. The molecular formula is C29H26FN7O3S. The highest BCUT2D eigenvalue weighted by atomic mass is 32.1. The lowest BCUT2D eigenvalue weighted by Crippen LogP contribution is -2.33. The third kappa shape index (κ3) is 4.40. The van der Waals surface area contributed by atoms with Gasteiger partial charge in [0.1, 0.15) is 33.6 Å². The number of carbonyl (C=O) groups excluding carboxylic acids is 1. The number of aromatic nitrogens is 5. The number of hydrogen-bond donors (Lipinski definition) is 3. The summed E-state index contributed by atoms with van der Waals surface area (Å²) in [4.78, 5) is 38.9. The molecule has 10 nitrogen and oxygen atoms in total. The van der Waals surface area contributed by atoms with E-state index in [9.17, 15) is 19.1 Å². The first-order chi connectivity index (χ1) is 19.5. The van der Waals surface area contributed by atoms with E-state index in [4.69, 9.17) is 10.8 Å². The molecule has 0 saturated heterocycles. The van der Waals surface area contributed by atoms with Crippen LogP contribution in [-0.2, 0) is 28.0 Å². The van der Waals surface area contributed by atoms with Crippen LogP contribution in [0.15, 0.2) is 53.9 Å². The Balaban J connectivity index is 1.40. The standard InChI is InChI=1S/C29H26FN7O3S/c1-28(2,27(39)40)12-17-14-41-26(32-17)29(3)20-22(31)33-24(34-23(20)35-25(29)38)21-18-9-4-5-10-19(18)37(36-21)13-15-7-6-8-16(30)11-15/h4-11,14H,12-13H2,1-3H3,(H,39,40)(H3,31,33,34,35,38)/t29-/m0/s1. The highest BCUT2D eigenvalue weighted by Crippen LogP contribution is 2.46. The zero-order chi connectivity index (χ0) is 29.1. The Hall–Kier alpha value is -4.71. The van der Waals surface area contributed by atoms with E-state index in [-0.39, 0.29) is 35.6 Å². The number of para-hydroxylation sites is 1. The first-order valence-corrected chi connectivity index (χ1v) is 13.7. The quantitative estimate of drug-likeness (QED) is 0.256. The largest absolute Gasteiger partial charge is 0.481 e. The molecule has 0 fully saturated rings. The summed E-state index contributed by atoms with van der Waals surface area (Å²) < 4.78 is 15.6. The number of hydrogen-bond acceptors (Lipinski definition) is 8. The topological polar surface area (TPSA) is 149 Å². The number of benzene rings is 2. The van der Waals surface area contributed by atoms with E-state index in [1.165, 1.54) is 23.5 Å². The van der Waals surface area contributed by atoms with Gasteiger partial charge in [-0.1, -0.05) is 30.3 Å². The van der Waals surface area contributed by atoms with Crippen molar-refractivity contribution in [2.45, 2.75) is 39.2 Å². The second kappa shape index (κ2) is 9.44. The molecule has 0 saturated carbocycles. The Morgan fingerprint density at radius 1 is 1.17 bits per heavy atom. The smallest absolute Gasteiger partial charge is 0.309 e. The fraction of sp³-hybridized carbons (Fsp3) is 0.241. The molecule has 0 radical (unpaired) electrons. The van der Waals surface area contributed by atoms with Crippen LogP contribution in [-0.4, -0.2) is 41.7 Å². The first-order valence-electron chi connectivity index (χ1n) is 12.9. The van der Waals surface area contributed by atoms with Crippen molar-refractivity contribution in [2.75, 3.05) is 11.1 Å². The molecule has 41 heavy (non-hydrogen) atoms. The van der Waals surface area contributed by atoms with Gasteiger partial charge in [0.05, 0.1) is 28.7 Å². The molecule has 5 aromatic rings. The number of rotatable bonds is 7. The number of thiazole rings is 1. The number of carboxylic acids is 1. The van der Waals surface area contributed by atoms with Crippen LogP contribution in [0.25, 0.3) is 22.4 Å². The van der Waals surface area contributed by atoms with Crippen molar-refractivity contribution >= 4 is 45.8 Å².